The summed E-state index contributed by atoms with van der Waals surface area (Å²) in [5, 5.41) is 2.10. The van der Waals surface area contributed by atoms with Crippen LogP contribution >= 0.6 is 0 Å². The van der Waals surface area contributed by atoms with E-state index < -0.39 is 5.91 Å². The van der Waals surface area contributed by atoms with Crippen molar-refractivity contribution in [2.75, 3.05) is 13.7 Å². The van der Waals surface area contributed by atoms with Gasteiger partial charge in [0.2, 0.25) is 0 Å². The Morgan fingerprint density at radius 2 is 1.96 bits per heavy atom. The van der Waals surface area contributed by atoms with Crippen LogP contribution in [0.3, 0.4) is 0 Å². The molecule has 2 amide bonds. The molecule has 1 aromatic heterocycles. The minimum absolute atomic E-state index is 0.138. The third-order valence-corrected chi connectivity index (χ3v) is 3.99. The second kappa shape index (κ2) is 7.65. The molecule has 0 fully saturated rings. The number of nitrogens with zero attached hydrogens (tertiary/aromatic N) is 2. The summed E-state index contributed by atoms with van der Waals surface area (Å²) < 4.78 is 5.26. The summed E-state index contributed by atoms with van der Waals surface area (Å²) in [6, 6.07) is 14.6. The molecule has 26 heavy (non-hydrogen) atoms. The van der Waals surface area contributed by atoms with Crippen LogP contribution in [-0.2, 0) is 11.3 Å². The van der Waals surface area contributed by atoms with Gasteiger partial charge in [0, 0.05) is 36.9 Å². The summed E-state index contributed by atoms with van der Waals surface area (Å²) in [6.45, 7) is 0.240. The molecule has 0 spiro atoms. The second-order valence-electron chi connectivity index (χ2n) is 5.96. The van der Waals surface area contributed by atoms with Gasteiger partial charge in [-0.1, -0.05) is 24.3 Å². The van der Waals surface area contributed by atoms with Crippen LogP contribution < -0.4 is 10.5 Å². The van der Waals surface area contributed by atoms with Gasteiger partial charge in [-0.2, -0.15) is 0 Å². The number of amides is 2. The highest BCUT2D eigenvalue weighted by molar-refractivity contribution is 5.95. The lowest BCUT2D eigenvalue weighted by Crippen LogP contribution is -2.26. The molecule has 0 radical (unpaired) electrons. The molecule has 3 aromatic rings. The molecule has 132 valence electrons. The number of fused-ring (bicyclic) bond motifs is 1. The fourth-order valence-corrected chi connectivity index (χ4v) is 2.75. The first-order chi connectivity index (χ1) is 12.5. The monoisotopic (exact) mass is 349 g/mol. The van der Waals surface area contributed by atoms with Crippen LogP contribution in [0.4, 0.5) is 0 Å². The molecule has 6 heteroatoms. The normalized spacial score (nSPS) is 10.5. The van der Waals surface area contributed by atoms with Crippen LogP contribution in [0, 0.1) is 0 Å². The number of carbonyl (C=O) groups is 2. The maximum Gasteiger partial charge on any atom is 0.255 e. The largest absolute Gasteiger partial charge is 0.484 e. The number of nitrogens with two attached hydrogens (primary N) is 1. The van der Waals surface area contributed by atoms with Crippen LogP contribution in [0.15, 0.2) is 60.9 Å². The molecular weight excluding hydrogens is 330 g/mol. The molecule has 0 atom stereocenters. The molecule has 0 aliphatic rings. The van der Waals surface area contributed by atoms with Gasteiger partial charge in [0.1, 0.15) is 5.75 Å². The van der Waals surface area contributed by atoms with Crippen molar-refractivity contribution in [1.29, 1.82) is 0 Å². The Morgan fingerprint density at radius 3 is 2.77 bits per heavy atom. The number of ether oxygens (including phenoxy) is 1. The minimum Gasteiger partial charge on any atom is -0.484 e. The average molecular weight is 349 g/mol. The summed E-state index contributed by atoms with van der Waals surface area (Å²) in [6.07, 6.45) is 3.55. The second-order valence-corrected chi connectivity index (χ2v) is 5.96. The Kier molecular flexibility index (Phi) is 5.12. The predicted molar refractivity (Wildman–Crippen MR) is 98.7 cm³/mol. The maximum atomic E-state index is 12.7. The summed E-state index contributed by atoms with van der Waals surface area (Å²) in [7, 11) is 1.75. The zero-order valence-corrected chi connectivity index (χ0v) is 14.4. The zero-order valence-electron chi connectivity index (χ0n) is 14.4. The summed E-state index contributed by atoms with van der Waals surface area (Å²) in [4.78, 5) is 29.3. The topological polar surface area (TPSA) is 85.5 Å². The summed E-state index contributed by atoms with van der Waals surface area (Å²) in [5.41, 5.74) is 6.60. The lowest BCUT2D eigenvalue weighted by molar-refractivity contribution is -0.119. The van der Waals surface area contributed by atoms with Gasteiger partial charge in [-0.3, -0.25) is 14.6 Å². The first-order valence-electron chi connectivity index (χ1n) is 8.13. The quantitative estimate of drug-likeness (QED) is 0.740. The molecule has 0 aliphatic heterocycles. The lowest BCUT2D eigenvalue weighted by Gasteiger charge is -2.19. The van der Waals surface area contributed by atoms with E-state index >= 15 is 0 Å². The third kappa shape index (κ3) is 3.97. The van der Waals surface area contributed by atoms with E-state index in [0.29, 0.717) is 17.9 Å². The van der Waals surface area contributed by atoms with Gasteiger partial charge in [0.15, 0.2) is 6.61 Å². The molecule has 2 aromatic carbocycles. The Balaban J connectivity index is 1.77. The number of hydrogen-bond acceptors (Lipinski definition) is 4. The van der Waals surface area contributed by atoms with E-state index in [4.69, 9.17) is 10.5 Å². The molecule has 6 nitrogen and oxygen atoms in total. The van der Waals surface area contributed by atoms with Crippen LogP contribution in [-0.4, -0.2) is 35.4 Å². The van der Waals surface area contributed by atoms with Gasteiger partial charge < -0.3 is 15.4 Å². The van der Waals surface area contributed by atoms with E-state index in [-0.39, 0.29) is 12.5 Å². The van der Waals surface area contributed by atoms with Crippen molar-refractivity contribution < 1.29 is 14.3 Å². The molecule has 2 N–H and O–H groups in total. The molecular formula is C20H19N3O3. The first kappa shape index (κ1) is 17.4. The fourth-order valence-electron chi connectivity index (χ4n) is 2.75. The van der Waals surface area contributed by atoms with E-state index in [1.54, 1.807) is 48.6 Å². The summed E-state index contributed by atoms with van der Waals surface area (Å²) in [5.74, 6) is -0.274. The first-order valence-corrected chi connectivity index (χ1v) is 8.13. The number of benzene rings is 2. The van der Waals surface area contributed by atoms with Gasteiger partial charge in [-0.05, 0) is 35.2 Å². The number of aromatic nitrogens is 1. The Morgan fingerprint density at radius 1 is 1.15 bits per heavy atom. The van der Waals surface area contributed by atoms with Gasteiger partial charge in [0.05, 0.1) is 0 Å². The van der Waals surface area contributed by atoms with Crippen molar-refractivity contribution in [3.05, 3.63) is 72.1 Å². The summed E-state index contributed by atoms with van der Waals surface area (Å²) >= 11 is 0. The molecule has 0 unspecified atom stereocenters. The standard InChI is InChI=1S/C20H19N3O3/c1-23(12-16-6-2-5-15-11-22-9-8-18(15)16)20(25)14-4-3-7-17(10-14)26-13-19(21)24/h2-11H,12-13H2,1H3,(H2,21,24). The maximum absolute atomic E-state index is 12.7. The van der Waals surface area contributed by atoms with Crippen molar-refractivity contribution in [2.45, 2.75) is 6.54 Å². The van der Waals surface area contributed by atoms with Crippen molar-refractivity contribution in [1.82, 2.24) is 9.88 Å². The number of carbonyl (C=O) groups excluding carboxylic acids is 2. The van der Waals surface area contributed by atoms with Crippen molar-refractivity contribution in [3.63, 3.8) is 0 Å². The third-order valence-electron chi connectivity index (χ3n) is 3.99. The predicted octanol–water partition coefficient (Wildman–Crippen LogP) is 2.37. The SMILES string of the molecule is CN(Cc1cccc2cnccc12)C(=O)c1cccc(OCC(N)=O)c1. The number of hydrogen-bond donors (Lipinski definition) is 1. The highest BCUT2D eigenvalue weighted by Crippen LogP contribution is 2.20. The Hall–Kier alpha value is -3.41. The van der Waals surface area contributed by atoms with E-state index in [1.165, 1.54) is 0 Å². The van der Waals surface area contributed by atoms with Gasteiger partial charge >= 0.3 is 0 Å². The van der Waals surface area contributed by atoms with E-state index in [9.17, 15) is 9.59 Å². The number of primary amides is 1. The fraction of sp³-hybridized carbons (Fsp3) is 0.150. The highest BCUT2D eigenvalue weighted by Gasteiger charge is 2.14. The van der Waals surface area contributed by atoms with Gasteiger partial charge in [-0.25, -0.2) is 0 Å². The van der Waals surface area contributed by atoms with Crippen LogP contribution in [0.1, 0.15) is 15.9 Å². The number of pyridine rings is 1. The zero-order chi connectivity index (χ0) is 18.5. The van der Waals surface area contributed by atoms with Crippen LogP contribution in [0.2, 0.25) is 0 Å². The average Bonchev–Trinajstić information content (AvgIpc) is 2.66. The minimum atomic E-state index is -0.565. The van der Waals surface area contributed by atoms with Crippen molar-refractivity contribution in [2.24, 2.45) is 5.73 Å². The van der Waals surface area contributed by atoms with E-state index in [0.717, 1.165) is 16.3 Å². The Labute approximate surface area is 151 Å². The molecule has 0 aliphatic carbocycles. The van der Waals surface area contributed by atoms with E-state index in [2.05, 4.69) is 4.98 Å². The molecule has 1 heterocycles. The molecule has 0 bridgehead atoms. The van der Waals surface area contributed by atoms with Crippen LogP contribution in [0.25, 0.3) is 10.8 Å². The van der Waals surface area contributed by atoms with Gasteiger partial charge in [-0.15, -0.1) is 0 Å². The van der Waals surface area contributed by atoms with Gasteiger partial charge in [0.25, 0.3) is 11.8 Å². The number of rotatable bonds is 6. The van der Waals surface area contributed by atoms with E-state index in [1.807, 2.05) is 24.3 Å². The molecule has 0 saturated heterocycles. The van der Waals surface area contributed by atoms with Crippen molar-refractivity contribution in [3.8, 4) is 5.75 Å². The van der Waals surface area contributed by atoms with Crippen molar-refractivity contribution >= 4 is 22.6 Å². The Bertz CT molecular complexity index is 950. The molecule has 0 saturated carbocycles. The highest BCUT2D eigenvalue weighted by atomic mass is 16.5. The smallest absolute Gasteiger partial charge is 0.255 e. The molecule has 3 rings (SSSR count). The van der Waals surface area contributed by atoms with Crippen LogP contribution in [0.5, 0.6) is 5.75 Å². The lowest BCUT2D eigenvalue weighted by atomic mass is 10.1.